The molecule has 0 unspecified atom stereocenters. The normalized spacial score (nSPS) is 17.4. The fraction of sp³-hybridized carbons (Fsp3) is 0.571. The maximum Gasteiger partial charge on any atom is 0.254 e. The van der Waals surface area contributed by atoms with Gasteiger partial charge in [-0.2, -0.15) is 0 Å². The fourth-order valence-corrected chi connectivity index (χ4v) is 2.59. The number of hydrogen-bond acceptors (Lipinski definition) is 3. The first-order valence-corrected chi connectivity index (χ1v) is 7.21. The van der Waals surface area contributed by atoms with E-state index in [1.54, 1.807) is 0 Å². The first kappa shape index (κ1) is 15.2. The Morgan fingerprint density at radius 2 is 2.15 bits per heavy atom. The van der Waals surface area contributed by atoms with E-state index in [-0.39, 0.29) is 22.7 Å². The third-order valence-corrected chi connectivity index (χ3v) is 3.95. The zero-order valence-corrected chi connectivity index (χ0v) is 12.5. The molecule has 0 saturated carbocycles. The third-order valence-electron chi connectivity index (χ3n) is 3.65. The number of rotatable bonds is 3. The van der Waals surface area contributed by atoms with Crippen LogP contribution < -0.4 is 5.32 Å². The van der Waals surface area contributed by atoms with Gasteiger partial charge in [-0.25, -0.2) is 9.37 Å². The van der Waals surface area contributed by atoms with E-state index >= 15 is 0 Å². The highest BCUT2D eigenvalue weighted by molar-refractivity contribution is 6.32. The van der Waals surface area contributed by atoms with Crippen LogP contribution >= 0.6 is 11.6 Å². The van der Waals surface area contributed by atoms with Gasteiger partial charge in [0, 0.05) is 25.2 Å². The van der Waals surface area contributed by atoms with E-state index in [4.69, 9.17) is 11.6 Å². The fourth-order valence-electron chi connectivity index (χ4n) is 2.41. The number of pyridine rings is 1. The maximum atomic E-state index is 13.1. The van der Waals surface area contributed by atoms with E-state index in [1.807, 2.05) is 0 Å². The summed E-state index contributed by atoms with van der Waals surface area (Å²) < 4.78 is 13.1. The van der Waals surface area contributed by atoms with Gasteiger partial charge in [-0.15, -0.1) is 0 Å². The largest absolute Gasteiger partial charge is 0.349 e. The minimum absolute atomic E-state index is 0.0310. The van der Waals surface area contributed by atoms with Crippen molar-refractivity contribution in [1.82, 2.24) is 15.2 Å². The third kappa shape index (κ3) is 3.67. The SMILES string of the molecule is CC(C)N1CCC(NC(=O)c2cc(F)cnc2Cl)CC1. The van der Waals surface area contributed by atoms with Crippen LogP contribution in [0.25, 0.3) is 0 Å². The van der Waals surface area contributed by atoms with Crippen LogP contribution in [0.5, 0.6) is 0 Å². The first-order chi connectivity index (χ1) is 9.47. The highest BCUT2D eigenvalue weighted by Crippen LogP contribution is 2.16. The number of nitrogens with zero attached hydrogens (tertiary/aromatic N) is 2. The molecule has 110 valence electrons. The molecule has 0 radical (unpaired) electrons. The predicted octanol–water partition coefficient (Wildman–Crippen LogP) is 2.48. The molecular formula is C14H19ClFN3O. The standard InChI is InChI=1S/C14H19ClFN3O/c1-9(2)19-5-3-11(4-6-19)18-14(20)12-7-10(16)8-17-13(12)15/h7-9,11H,3-6H2,1-2H3,(H,18,20). The van der Waals surface area contributed by atoms with Crippen LogP contribution in [0.2, 0.25) is 5.15 Å². The molecule has 0 aliphatic carbocycles. The lowest BCUT2D eigenvalue weighted by Crippen LogP contribution is -2.46. The molecule has 0 aromatic carbocycles. The number of carbonyl (C=O) groups excluding carboxylic acids is 1. The summed E-state index contributed by atoms with van der Waals surface area (Å²) in [5, 5.41) is 2.94. The van der Waals surface area contributed by atoms with Crippen molar-refractivity contribution >= 4 is 17.5 Å². The second-order valence-electron chi connectivity index (χ2n) is 5.37. The summed E-state index contributed by atoms with van der Waals surface area (Å²) in [6, 6.07) is 1.75. The summed E-state index contributed by atoms with van der Waals surface area (Å²) in [6.45, 7) is 6.24. The van der Waals surface area contributed by atoms with E-state index in [0.29, 0.717) is 6.04 Å². The summed E-state index contributed by atoms with van der Waals surface area (Å²) in [4.78, 5) is 18.1. The Hall–Kier alpha value is -1.20. The smallest absolute Gasteiger partial charge is 0.254 e. The van der Waals surface area contributed by atoms with Gasteiger partial charge in [0.15, 0.2) is 0 Å². The van der Waals surface area contributed by atoms with E-state index in [2.05, 4.69) is 29.0 Å². The van der Waals surface area contributed by atoms with Crippen LogP contribution in [0.1, 0.15) is 37.0 Å². The van der Waals surface area contributed by atoms with Crippen LogP contribution in [0, 0.1) is 5.82 Å². The molecule has 1 aliphatic rings. The van der Waals surface area contributed by atoms with Crippen molar-refractivity contribution in [3.8, 4) is 0 Å². The quantitative estimate of drug-likeness (QED) is 0.872. The van der Waals surface area contributed by atoms with Gasteiger partial charge in [0.05, 0.1) is 11.8 Å². The zero-order valence-electron chi connectivity index (χ0n) is 11.7. The average molecular weight is 300 g/mol. The molecule has 0 bridgehead atoms. The van der Waals surface area contributed by atoms with Crippen molar-refractivity contribution in [2.45, 2.75) is 38.8 Å². The molecule has 1 amide bonds. The van der Waals surface area contributed by atoms with E-state index < -0.39 is 5.82 Å². The van der Waals surface area contributed by atoms with Crippen LogP contribution in [-0.4, -0.2) is 41.0 Å². The van der Waals surface area contributed by atoms with E-state index in [1.165, 1.54) is 0 Å². The Kier molecular flexibility index (Phi) is 4.94. The van der Waals surface area contributed by atoms with Crippen molar-refractivity contribution in [2.75, 3.05) is 13.1 Å². The number of hydrogen-bond donors (Lipinski definition) is 1. The number of nitrogens with one attached hydrogen (secondary N) is 1. The maximum absolute atomic E-state index is 13.1. The summed E-state index contributed by atoms with van der Waals surface area (Å²) in [5.41, 5.74) is 0.0953. The molecule has 1 fully saturated rings. The Morgan fingerprint density at radius 3 is 2.75 bits per heavy atom. The minimum atomic E-state index is -0.561. The number of carbonyl (C=O) groups is 1. The van der Waals surface area contributed by atoms with Crippen molar-refractivity contribution in [3.05, 3.63) is 28.8 Å². The molecule has 2 rings (SSSR count). The van der Waals surface area contributed by atoms with Crippen LogP contribution in [0.15, 0.2) is 12.3 Å². The van der Waals surface area contributed by atoms with Gasteiger partial charge in [0.25, 0.3) is 5.91 Å². The number of aromatic nitrogens is 1. The molecule has 1 aromatic rings. The minimum Gasteiger partial charge on any atom is -0.349 e. The highest BCUT2D eigenvalue weighted by Gasteiger charge is 2.23. The Morgan fingerprint density at radius 1 is 1.50 bits per heavy atom. The second kappa shape index (κ2) is 6.50. The molecule has 1 aromatic heterocycles. The Balaban J connectivity index is 1.94. The molecule has 2 heterocycles. The van der Waals surface area contributed by atoms with Gasteiger partial charge in [-0.05, 0) is 32.8 Å². The molecule has 0 spiro atoms. The lowest BCUT2D eigenvalue weighted by atomic mass is 10.0. The van der Waals surface area contributed by atoms with Gasteiger partial charge < -0.3 is 10.2 Å². The van der Waals surface area contributed by atoms with Crippen LogP contribution in [0.3, 0.4) is 0 Å². The van der Waals surface area contributed by atoms with Crippen molar-refractivity contribution < 1.29 is 9.18 Å². The molecule has 1 aliphatic heterocycles. The van der Waals surface area contributed by atoms with E-state index in [9.17, 15) is 9.18 Å². The van der Waals surface area contributed by atoms with Crippen LogP contribution in [-0.2, 0) is 0 Å². The molecule has 20 heavy (non-hydrogen) atoms. The number of piperidine rings is 1. The predicted molar refractivity (Wildman–Crippen MR) is 76.4 cm³/mol. The number of likely N-dealkylation sites (tertiary alicyclic amines) is 1. The van der Waals surface area contributed by atoms with Gasteiger partial charge in [0.1, 0.15) is 11.0 Å². The van der Waals surface area contributed by atoms with Gasteiger partial charge in [-0.3, -0.25) is 4.79 Å². The molecule has 1 N–H and O–H groups in total. The summed E-state index contributed by atoms with van der Waals surface area (Å²) in [7, 11) is 0. The summed E-state index contributed by atoms with van der Waals surface area (Å²) >= 11 is 5.83. The number of amides is 1. The lowest BCUT2D eigenvalue weighted by molar-refractivity contribution is 0.0900. The van der Waals surface area contributed by atoms with Gasteiger partial charge in [0.2, 0.25) is 0 Å². The topological polar surface area (TPSA) is 45.2 Å². The molecule has 0 atom stereocenters. The van der Waals surface area contributed by atoms with Gasteiger partial charge >= 0.3 is 0 Å². The Labute approximate surface area is 123 Å². The van der Waals surface area contributed by atoms with Crippen molar-refractivity contribution in [3.63, 3.8) is 0 Å². The van der Waals surface area contributed by atoms with Gasteiger partial charge in [-0.1, -0.05) is 11.6 Å². The van der Waals surface area contributed by atoms with E-state index in [0.717, 1.165) is 38.2 Å². The van der Waals surface area contributed by atoms with Crippen molar-refractivity contribution in [2.24, 2.45) is 0 Å². The molecule has 1 saturated heterocycles. The molecule has 4 nitrogen and oxygen atoms in total. The molecule has 6 heteroatoms. The zero-order chi connectivity index (χ0) is 14.7. The Bertz CT molecular complexity index is 487. The molecular weight excluding hydrogens is 281 g/mol. The van der Waals surface area contributed by atoms with Crippen LogP contribution in [0.4, 0.5) is 4.39 Å². The highest BCUT2D eigenvalue weighted by atomic mass is 35.5. The van der Waals surface area contributed by atoms with Crippen molar-refractivity contribution in [1.29, 1.82) is 0 Å². The monoisotopic (exact) mass is 299 g/mol. The second-order valence-corrected chi connectivity index (χ2v) is 5.73. The summed E-state index contributed by atoms with van der Waals surface area (Å²) in [5.74, 6) is -0.917. The summed E-state index contributed by atoms with van der Waals surface area (Å²) in [6.07, 6.45) is 2.79. The number of halogens is 2. The average Bonchev–Trinajstić information content (AvgIpc) is 2.42. The lowest BCUT2D eigenvalue weighted by Gasteiger charge is -2.34. The first-order valence-electron chi connectivity index (χ1n) is 6.83.